The molecule has 0 aromatic carbocycles. The standard InChI is InChI=1S/C15H17N3O3/c16-8-11-7-10-3-1-2-4-12(10)17-14(11)18-5-6-21-9-13(18)15(19)20/h7,13H,1-6,9H2,(H,19,20). The van der Waals surface area contributed by atoms with Gasteiger partial charge in [0.15, 0.2) is 6.04 Å². The molecule has 1 aromatic rings. The highest BCUT2D eigenvalue weighted by Gasteiger charge is 2.32. The third kappa shape index (κ3) is 2.57. The van der Waals surface area contributed by atoms with Crippen LogP contribution in [0.5, 0.6) is 0 Å². The van der Waals surface area contributed by atoms with E-state index in [9.17, 15) is 15.2 Å². The Hall–Kier alpha value is -2.13. The highest BCUT2D eigenvalue weighted by molar-refractivity contribution is 5.79. The monoisotopic (exact) mass is 287 g/mol. The Morgan fingerprint density at radius 2 is 2.29 bits per heavy atom. The third-order valence-electron chi connectivity index (χ3n) is 4.09. The number of hydrogen-bond acceptors (Lipinski definition) is 5. The Morgan fingerprint density at radius 3 is 3.05 bits per heavy atom. The number of nitrogens with zero attached hydrogens (tertiary/aromatic N) is 3. The lowest BCUT2D eigenvalue weighted by Crippen LogP contribution is -2.50. The number of aliphatic carboxylic acids is 1. The molecule has 0 bridgehead atoms. The lowest BCUT2D eigenvalue weighted by Gasteiger charge is -2.34. The fraction of sp³-hybridized carbons (Fsp3) is 0.533. The van der Waals surface area contributed by atoms with Crippen molar-refractivity contribution >= 4 is 11.8 Å². The van der Waals surface area contributed by atoms with Crippen molar-refractivity contribution in [2.75, 3.05) is 24.7 Å². The van der Waals surface area contributed by atoms with E-state index in [2.05, 4.69) is 11.1 Å². The second-order valence-corrected chi connectivity index (χ2v) is 5.41. The van der Waals surface area contributed by atoms with E-state index in [-0.39, 0.29) is 6.61 Å². The van der Waals surface area contributed by atoms with Crippen LogP contribution in [0, 0.1) is 11.3 Å². The molecule has 1 aliphatic carbocycles. The number of morpholine rings is 1. The molecule has 0 radical (unpaired) electrons. The summed E-state index contributed by atoms with van der Waals surface area (Å²) < 4.78 is 5.25. The Kier molecular flexibility index (Phi) is 3.76. The van der Waals surface area contributed by atoms with Crippen LogP contribution in [-0.2, 0) is 22.4 Å². The average molecular weight is 287 g/mol. The van der Waals surface area contributed by atoms with Gasteiger partial charge in [0.2, 0.25) is 0 Å². The molecular formula is C15H17N3O3. The first-order valence-electron chi connectivity index (χ1n) is 7.21. The zero-order valence-electron chi connectivity index (χ0n) is 11.7. The number of anilines is 1. The molecule has 1 fully saturated rings. The molecule has 2 heterocycles. The average Bonchev–Trinajstić information content (AvgIpc) is 2.53. The van der Waals surface area contributed by atoms with Crippen LogP contribution in [0.15, 0.2) is 6.07 Å². The number of hydrogen-bond donors (Lipinski definition) is 1. The number of carbonyl (C=O) groups is 1. The molecule has 3 rings (SSSR count). The fourth-order valence-electron chi connectivity index (χ4n) is 2.99. The van der Waals surface area contributed by atoms with Crippen molar-refractivity contribution in [2.45, 2.75) is 31.7 Å². The summed E-state index contributed by atoms with van der Waals surface area (Å²) in [6.07, 6.45) is 4.06. The molecule has 1 atom stereocenters. The third-order valence-corrected chi connectivity index (χ3v) is 4.09. The van der Waals surface area contributed by atoms with Gasteiger partial charge in [-0.1, -0.05) is 0 Å². The van der Waals surface area contributed by atoms with E-state index in [1.165, 1.54) is 0 Å². The molecule has 2 aliphatic rings. The summed E-state index contributed by atoms with van der Waals surface area (Å²) in [6, 6.07) is 3.27. The second-order valence-electron chi connectivity index (χ2n) is 5.41. The molecule has 1 unspecified atom stereocenters. The SMILES string of the molecule is N#Cc1cc2c(nc1N1CCOCC1C(=O)O)CCCC2. The smallest absolute Gasteiger partial charge is 0.328 e. The van der Waals surface area contributed by atoms with Crippen LogP contribution in [0.2, 0.25) is 0 Å². The van der Waals surface area contributed by atoms with Crippen molar-refractivity contribution in [1.82, 2.24) is 4.98 Å². The zero-order chi connectivity index (χ0) is 14.8. The van der Waals surface area contributed by atoms with Gasteiger partial charge in [-0.05, 0) is 37.3 Å². The van der Waals surface area contributed by atoms with Crippen molar-refractivity contribution in [3.63, 3.8) is 0 Å². The molecule has 0 saturated carbocycles. The maximum Gasteiger partial charge on any atom is 0.328 e. The van der Waals surface area contributed by atoms with E-state index in [4.69, 9.17) is 4.74 Å². The van der Waals surface area contributed by atoms with Gasteiger partial charge >= 0.3 is 5.97 Å². The Balaban J connectivity index is 2.03. The lowest BCUT2D eigenvalue weighted by molar-refractivity contribution is -0.141. The Morgan fingerprint density at radius 1 is 1.48 bits per heavy atom. The molecule has 21 heavy (non-hydrogen) atoms. The van der Waals surface area contributed by atoms with Gasteiger partial charge in [-0.15, -0.1) is 0 Å². The molecule has 1 N–H and O–H groups in total. The molecule has 0 amide bonds. The van der Waals surface area contributed by atoms with E-state index in [0.29, 0.717) is 24.5 Å². The topological polar surface area (TPSA) is 86.5 Å². The first-order chi connectivity index (χ1) is 10.2. The van der Waals surface area contributed by atoms with E-state index >= 15 is 0 Å². The fourth-order valence-corrected chi connectivity index (χ4v) is 2.99. The van der Waals surface area contributed by atoms with Crippen LogP contribution in [0.1, 0.15) is 29.7 Å². The molecule has 1 saturated heterocycles. The maximum atomic E-state index is 11.4. The summed E-state index contributed by atoms with van der Waals surface area (Å²) in [4.78, 5) is 17.7. The van der Waals surface area contributed by atoms with Gasteiger partial charge in [0.25, 0.3) is 0 Å². The number of aryl methyl sites for hydroxylation is 2. The predicted octanol–water partition coefficient (Wildman–Crippen LogP) is 1.12. The van der Waals surface area contributed by atoms with E-state index in [1.54, 1.807) is 4.90 Å². The zero-order valence-corrected chi connectivity index (χ0v) is 11.7. The van der Waals surface area contributed by atoms with Crippen LogP contribution in [0.4, 0.5) is 5.82 Å². The van der Waals surface area contributed by atoms with Gasteiger partial charge in [-0.25, -0.2) is 9.78 Å². The summed E-state index contributed by atoms with van der Waals surface area (Å²) in [5.41, 5.74) is 2.59. The van der Waals surface area contributed by atoms with Crippen molar-refractivity contribution in [3.05, 3.63) is 22.9 Å². The lowest BCUT2D eigenvalue weighted by atomic mass is 9.94. The molecule has 0 spiro atoms. The van der Waals surface area contributed by atoms with E-state index in [1.807, 2.05) is 6.07 Å². The molecule has 1 aliphatic heterocycles. The van der Waals surface area contributed by atoms with Gasteiger partial charge in [0.05, 0.1) is 18.8 Å². The minimum absolute atomic E-state index is 0.124. The molecule has 110 valence electrons. The predicted molar refractivity (Wildman–Crippen MR) is 75.2 cm³/mol. The first-order valence-corrected chi connectivity index (χ1v) is 7.21. The van der Waals surface area contributed by atoms with Crippen LogP contribution in [-0.4, -0.2) is 41.9 Å². The largest absolute Gasteiger partial charge is 0.480 e. The van der Waals surface area contributed by atoms with Crippen LogP contribution >= 0.6 is 0 Å². The minimum Gasteiger partial charge on any atom is -0.480 e. The number of rotatable bonds is 2. The number of carboxylic acid groups (broad SMARTS) is 1. The number of aromatic nitrogens is 1. The summed E-state index contributed by atoms with van der Waals surface area (Å²) >= 11 is 0. The quantitative estimate of drug-likeness (QED) is 0.877. The van der Waals surface area contributed by atoms with Crippen molar-refractivity contribution in [2.24, 2.45) is 0 Å². The molecule has 1 aromatic heterocycles. The minimum atomic E-state index is -0.946. The van der Waals surface area contributed by atoms with Gasteiger partial charge in [-0.2, -0.15) is 5.26 Å². The molecule has 6 nitrogen and oxygen atoms in total. The number of ether oxygens (including phenoxy) is 1. The summed E-state index contributed by atoms with van der Waals surface area (Å²) in [5, 5.41) is 18.7. The Bertz CT molecular complexity index is 609. The number of nitriles is 1. The normalized spacial score (nSPS) is 21.5. The number of pyridine rings is 1. The maximum absolute atomic E-state index is 11.4. The first kappa shape index (κ1) is 13.8. The van der Waals surface area contributed by atoms with Gasteiger partial charge < -0.3 is 14.7 Å². The van der Waals surface area contributed by atoms with E-state index in [0.717, 1.165) is 36.9 Å². The van der Waals surface area contributed by atoms with Gasteiger partial charge in [0, 0.05) is 12.2 Å². The number of fused-ring (bicyclic) bond motifs is 1. The highest BCUT2D eigenvalue weighted by Crippen LogP contribution is 2.28. The van der Waals surface area contributed by atoms with Crippen molar-refractivity contribution < 1.29 is 14.6 Å². The van der Waals surface area contributed by atoms with Crippen LogP contribution < -0.4 is 4.90 Å². The molecule has 6 heteroatoms. The van der Waals surface area contributed by atoms with Crippen molar-refractivity contribution in [1.29, 1.82) is 5.26 Å². The molecular weight excluding hydrogens is 270 g/mol. The van der Waals surface area contributed by atoms with Crippen molar-refractivity contribution in [3.8, 4) is 6.07 Å². The Labute approximate surface area is 123 Å². The van der Waals surface area contributed by atoms with Gasteiger partial charge in [0.1, 0.15) is 11.9 Å². The summed E-state index contributed by atoms with van der Waals surface area (Å²) in [5.74, 6) is -0.452. The summed E-state index contributed by atoms with van der Waals surface area (Å²) in [6.45, 7) is 1.02. The highest BCUT2D eigenvalue weighted by atomic mass is 16.5. The van der Waals surface area contributed by atoms with Gasteiger partial charge in [-0.3, -0.25) is 0 Å². The van der Waals surface area contributed by atoms with E-state index < -0.39 is 12.0 Å². The van der Waals surface area contributed by atoms with Crippen LogP contribution in [0.25, 0.3) is 0 Å². The summed E-state index contributed by atoms with van der Waals surface area (Å²) in [7, 11) is 0. The van der Waals surface area contributed by atoms with Crippen LogP contribution in [0.3, 0.4) is 0 Å². The second kappa shape index (κ2) is 5.70. The number of carboxylic acids is 1.